The van der Waals surface area contributed by atoms with Gasteiger partial charge in [-0.3, -0.25) is 9.59 Å². The molecule has 0 spiro atoms. The van der Waals surface area contributed by atoms with Crippen LogP contribution in [0.5, 0.6) is 11.5 Å². The molecule has 0 amide bonds. The molecule has 0 aliphatic rings. The number of rotatable bonds is 14. The molecule has 0 saturated carbocycles. The summed E-state index contributed by atoms with van der Waals surface area (Å²) >= 11 is 0. The van der Waals surface area contributed by atoms with Gasteiger partial charge >= 0.3 is 24.2 Å². The summed E-state index contributed by atoms with van der Waals surface area (Å²) in [4.78, 5) is 47.6. The highest BCUT2D eigenvalue weighted by Crippen LogP contribution is 2.37. The lowest BCUT2D eigenvalue weighted by molar-refractivity contribution is -0.148. The summed E-state index contributed by atoms with van der Waals surface area (Å²) in [5.41, 5.74) is 6.36. The zero-order chi connectivity index (χ0) is 27.3. The van der Waals surface area contributed by atoms with Crippen molar-refractivity contribution in [3.8, 4) is 11.5 Å². The molecule has 1 aromatic carbocycles. The molecule has 3 N–H and O–H groups in total. The molecule has 0 radical (unpaired) electrons. The zero-order valence-electron chi connectivity index (χ0n) is 21.5. The fraction of sp³-hybridized carbons (Fsp3) is 0.600. The molecule has 0 saturated heterocycles. The van der Waals surface area contributed by atoms with Crippen LogP contribution >= 0.6 is 0 Å². The topological polar surface area (TPSA) is 161 Å². The number of unbranched alkanes of at least 4 members (excludes halogenated alkanes) is 2. The molecule has 1 aromatic rings. The lowest BCUT2D eigenvalue weighted by Gasteiger charge is -2.31. The Kier molecular flexibility index (Phi) is 13.3. The normalized spacial score (nSPS) is 14.1. The Morgan fingerprint density at radius 1 is 0.917 bits per heavy atom. The van der Waals surface area contributed by atoms with E-state index in [-0.39, 0.29) is 24.7 Å². The van der Waals surface area contributed by atoms with E-state index < -0.39 is 48.2 Å². The largest absolute Gasteiger partial charge is 0.513 e. The molecule has 11 heteroatoms. The highest BCUT2D eigenvalue weighted by atomic mass is 16.7. The van der Waals surface area contributed by atoms with Crippen molar-refractivity contribution < 1.29 is 48.0 Å². The number of carbonyl (C=O) groups excluding carboxylic acids is 3. The van der Waals surface area contributed by atoms with E-state index in [2.05, 4.69) is 0 Å². The van der Waals surface area contributed by atoms with E-state index in [1.807, 2.05) is 13.8 Å². The minimum absolute atomic E-state index is 0.129. The van der Waals surface area contributed by atoms with Gasteiger partial charge in [0.05, 0.1) is 13.2 Å². The molecule has 202 valence electrons. The first-order valence-corrected chi connectivity index (χ1v) is 12.0. The van der Waals surface area contributed by atoms with E-state index in [1.165, 1.54) is 25.1 Å². The molecule has 0 bridgehead atoms. The Labute approximate surface area is 211 Å². The third-order valence-corrected chi connectivity index (χ3v) is 5.51. The average molecular weight is 512 g/mol. The van der Waals surface area contributed by atoms with Crippen molar-refractivity contribution in [1.82, 2.24) is 0 Å². The Balaban J connectivity index is 3.36. The quantitative estimate of drug-likeness (QED) is 0.158. The maximum absolute atomic E-state index is 12.2. The maximum Gasteiger partial charge on any atom is 0.513 e. The summed E-state index contributed by atoms with van der Waals surface area (Å²) in [5.74, 6) is -3.52. The molecule has 36 heavy (non-hydrogen) atoms. The van der Waals surface area contributed by atoms with Crippen LogP contribution in [0.1, 0.15) is 71.8 Å². The van der Waals surface area contributed by atoms with Gasteiger partial charge < -0.3 is 34.5 Å². The smallest absolute Gasteiger partial charge is 0.480 e. The van der Waals surface area contributed by atoms with Crippen molar-refractivity contribution in [3.63, 3.8) is 0 Å². The first kappa shape index (κ1) is 30.7. The van der Waals surface area contributed by atoms with E-state index in [0.29, 0.717) is 18.4 Å². The fourth-order valence-electron chi connectivity index (χ4n) is 3.39. The number of esters is 1. The molecule has 0 heterocycles. The van der Waals surface area contributed by atoms with E-state index in [4.69, 9.17) is 29.4 Å². The summed E-state index contributed by atoms with van der Waals surface area (Å²) in [6, 6.07) is 2.80. The summed E-state index contributed by atoms with van der Waals surface area (Å²) in [6.07, 6.45) is 0.202. The standard InChI is InChI=1S/C25H37NO10/c1-6-8-12-32-24(30)35-19-11-10-18(14-20(19)36-25(31)33-13-9-7-2)21(22(26)23(28)29)15(3)16(4)34-17(5)27/h10-11,14-16,21-22H,6-9,12-13,26H2,1-5H3,(H,28,29)/t15?,16?,21?,22-/m0/s1. The van der Waals surface area contributed by atoms with Crippen molar-refractivity contribution in [2.24, 2.45) is 11.7 Å². The van der Waals surface area contributed by atoms with Gasteiger partial charge in [0.15, 0.2) is 11.5 Å². The number of carboxylic acid groups (broad SMARTS) is 1. The number of carbonyl (C=O) groups is 4. The Bertz CT molecular complexity index is 888. The molecule has 0 fully saturated rings. The van der Waals surface area contributed by atoms with Crippen LogP contribution in [0.4, 0.5) is 9.59 Å². The SMILES string of the molecule is CCCCOC(=O)Oc1ccc(C(C(C)C(C)OC(C)=O)[C@H](N)C(=O)O)cc1OC(=O)OCCCC. The van der Waals surface area contributed by atoms with Gasteiger partial charge in [-0.2, -0.15) is 0 Å². The number of hydrogen-bond donors (Lipinski definition) is 2. The second kappa shape index (κ2) is 15.6. The van der Waals surface area contributed by atoms with E-state index >= 15 is 0 Å². The predicted molar refractivity (Wildman–Crippen MR) is 129 cm³/mol. The Morgan fingerprint density at radius 3 is 1.92 bits per heavy atom. The molecule has 3 unspecified atom stereocenters. The molecular weight excluding hydrogens is 474 g/mol. The van der Waals surface area contributed by atoms with Gasteiger partial charge in [-0.25, -0.2) is 9.59 Å². The van der Waals surface area contributed by atoms with Crippen molar-refractivity contribution in [2.75, 3.05) is 13.2 Å². The van der Waals surface area contributed by atoms with Crippen LogP contribution in [0.3, 0.4) is 0 Å². The van der Waals surface area contributed by atoms with Crippen LogP contribution in [-0.2, 0) is 23.8 Å². The number of benzene rings is 1. The molecule has 0 aliphatic heterocycles. The van der Waals surface area contributed by atoms with Gasteiger partial charge in [-0.15, -0.1) is 0 Å². The van der Waals surface area contributed by atoms with Crippen LogP contribution in [0.15, 0.2) is 18.2 Å². The van der Waals surface area contributed by atoms with Gasteiger partial charge in [-0.05, 0) is 37.5 Å². The van der Waals surface area contributed by atoms with Crippen molar-refractivity contribution in [2.45, 2.75) is 78.4 Å². The fourth-order valence-corrected chi connectivity index (χ4v) is 3.39. The summed E-state index contributed by atoms with van der Waals surface area (Å²) in [6.45, 7) is 8.72. The van der Waals surface area contributed by atoms with Gasteiger partial charge in [0.2, 0.25) is 0 Å². The number of nitrogens with two attached hydrogens (primary N) is 1. The van der Waals surface area contributed by atoms with Gasteiger partial charge in [-0.1, -0.05) is 39.7 Å². The minimum Gasteiger partial charge on any atom is -0.480 e. The Morgan fingerprint density at radius 2 is 1.44 bits per heavy atom. The van der Waals surface area contributed by atoms with Crippen LogP contribution in [0.25, 0.3) is 0 Å². The highest BCUT2D eigenvalue weighted by molar-refractivity contribution is 5.75. The van der Waals surface area contributed by atoms with Crippen LogP contribution in [0, 0.1) is 5.92 Å². The van der Waals surface area contributed by atoms with E-state index in [9.17, 15) is 24.3 Å². The third kappa shape index (κ3) is 10.1. The van der Waals surface area contributed by atoms with Crippen LogP contribution < -0.4 is 15.2 Å². The number of carboxylic acids is 1. The number of aliphatic carboxylic acids is 1. The van der Waals surface area contributed by atoms with Crippen LogP contribution in [-0.4, -0.2) is 54.7 Å². The Hall–Kier alpha value is -3.34. The predicted octanol–water partition coefficient (Wildman–Crippen LogP) is 4.40. The van der Waals surface area contributed by atoms with Crippen molar-refractivity contribution in [3.05, 3.63) is 23.8 Å². The minimum atomic E-state index is -1.38. The molecule has 11 nitrogen and oxygen atoms in total. The monoisotopic (exact) mass is 511 g/mol. The lowest BCUT2D eigenvalue weighted by Crippen LogP contribution is -2.42. The second-order valence-electron chi connectivity index (χ2n) is 8.38. The summed E-state index contributed by atoms with van der Waals surface area (Å²) in [7, 11) is 0. The first-order valence-electron chi connectivity index (χ1n) is 12.0. The van der Waals surface area contributed by atoms with Gasteiger partial charge in [0.25, 0.3) is 0 Å². The second-order valence-corrected chi connectivity index (χ2v) is 8.38. The highest BCUT2D eigenvalue weighted by Gasteiger charge is 2.35. The van der Waals surface area contributed by atoms with Crippen molar-refractivity contribution >= 4 is 24.2 Å². The molecular formula is C25H37NO10. The maximum atomic E-state index is 12.2. The third-order valence-electron chi connectivity index (χ3n) is 5.51. The lowest BCUT2D eigenvalue weighted by atomic mass is 9.79. The molecule has 0 aliphatic carbocycles. The van der Waals surface area contributed by atoms with Crippen LogP contribution in [0.2, 0.25) is 0 Å². The summed E-state index contributed by atoms with van der Waals surface area (Å²) < 4.78 is 25.8. The zero-order valence-corrected chi connectivity index (χ0v) is 21.5. The molecule has 4 atom stereocenters. The van der Waals surface area contributed by atoms with E-state index in [0.717, 1.165) is 12.8 Å². The molecule has 1 rings (SSSR count). The van der Waals surface area contributed by atoms with Gasteiger partial charge in [0.1, 0.15) is 12.1 Å². The summed E-state index contributed by atoms with van der Waals surface area (Å²) in [5, 5.41) is 9.61. The van der Waals surface area contributed by atoms with Crippen molar-refractivity contribution in [1.29, 1.82) is 0 Å². The number of hydrogen-bond acceptors (Lipinski definition) is 10. The van der Waals surface area contributed by atoms with E-state index in [1.54, 1.807) is 13.8 Å². The van der Waals surface area contributed by atoms with Gasteiger partial charge in [0, 0.05) is 18.8 Å². The first-order chi connectivity index (χ1) is 17.0. The average Bonchev–Trinajstić information content (AvgIpc) is 2.80. The number of ether oxygens (including phenoxy) is 5. The molecule has 0 aromatic heterocycles.